The first-order valence-corrected chi connectivity index (χ1v) is 3.70. The van der Waals surface area contributed by atoms with E-state index in [0.29, 0.717) is 0 Å². The molecular weight excluding hydrogens is 227 g/mol. The van der Waals surface area contributed by atoms with Crippen LogP contribution in [-0.2, 0) is 0 Å². The van der Waals surface area contributed by atoms with E-state index in [9.17, 15) is 0 Å². The number of aromatic nitrogens is 1. The van der Waals surface area contributed by atoms with Gasteiger partial charge in [0, 0.05) is 16.8 Å². The highest BCUT2D eigenvalue weighted by molar-refractivity contribution is 14.1. The molecule has 0 aliphatic heterocycles. The van der Waals surface area contributed by atoms with E-state index in [0.717, 1.165) is 9.39 Å². The second kappa shape index (κ2) is 3.00. The number of hydrogen-bond donors (Lipinski definition) is 1. The van der Waals surface area contributed by atoms with E-state index in [-0.39, 0.29) is 0 Å². The van der Waals surface area contributed by atoms with Crippen molar-refractivity contribution in [3.05, 3.63) is 21.9 Å². The predicted octanol–water partition coefficient (Wildman–Crippen LogP) is 1.73. The van der Waals surface area contributed by atoms with Crippen LogP contribution < -0.4 is 5.32 Å². The third-order valence-corrected chi connectivity index (χ3v) is 1.62. The van der Waals surface area contributed by atoms with Gasteiger partial charge in [0.15, 0.2) is 0 Å². The first-order valence-electron chi connectivity index (χ1n) is 2.62. The average Bonchev–Trinajstić information content (AvgIpc) is 1.90. The van der Waals surface area contributed by atoms with Crippen LogP contribution in [0.4, 0.5) is 5.82 Å². The van der Waals surface area contributed by atoms with E-state index >= 15 is 0 Å². The molecule has 0 saturated heterocycles. The first-order chi connectivity index (χ1) is 4.33. The molecule has 0 atom stereocenters. The Balaban J connectivity index is 2.88. The highest BCUT2D eigenvalue weighted by atomic mass is 127. The summed E-state index contributed by atoms with van der Waals surface area (Å²) < 4.78 is 1.16. The Bertz CT molecular complexity index is 183. The number of nitrogens with zero attached hydrogens (tertiary/aromatic N) is 1. The molecule has 1 rings (SSSR count). The maximum absolute atomic E-state index is 4.08. The van der Waals surface area contributed by atoms with Crippen LogP contribution in [0.5, 0.6) is 0 Å². The van der Waals surface area contributed by atoms with Crippen molar-refractivity contribution >= 4 is 28.4 Å². The third kappa shape index (κ3) is 1.82. The molecule has 0 radical (unpaired) electrons. The van der Waals surface area contributed by atoms with E-state index in [1.807, 2.05) is 25.4 Å². The second-order valence-electron chi connectivity index (χ2n) is 1.61. The molecule has 0 unspecified atom stereocenters. The molecule has 9 heavy (non-hydrogen) atoms. The SMILES string of the molecule is CNc1ccc(I)cn1. The molecule has 48 valence electrons. The predicted molar refractivity (Wildman–Crippen MR) is 46.5 cm³/mol. The zero-order valence-corrected chi connectivity index (χ0v) is 7.21. The Labute approximate surface area is 67.8 Å². The van der Waals surface area contributed by atoms with Crippen LogP contribution in [0, 0.1) is 3.57 Å². The number of hydrogen-bond acceptors (Lipinski definition) is 2. The highest BCUT2D eigenvalue weighted by Crippen LogP contribution is 2.05. The van der Waals surface area contributed by atoms with Crippen molar-refractivity contribution in [1.29, 1.82) is 0 Å². The quantitative estimate of drug-likeness (QED) is 0.748. The fourth-order valence-corrected chi connectivity index (χ4v) is 0.843. The standard InChI is InChI=1S/C6H7IN2/c1-8-6-3-2-5(7)4-9-6/h2-4H,1H3,(H,8,9). The molecule has 1 aromatic heterocycles. The van der Waals surface area contributed by atoms with Gasteiger partial charge in [0.1, 0.15) is 5.82 Å². The highest BCUT2D eigenvalue weighted by Gasteiger charge is 1.86. The normalized spacial score (nSPS) is 9.11. The molecule has 0 bridgehead atoms. The van der Waals surface area contributed by atoms with Gasteiger partial charge in [-0.2, -0.15) is 0 Å². The Morgan fingerprint density at radius 3 is 2.78 bits per heavy atom. The number of anilines is 1. The van der Waals surface area contributed by atoms with Gasteiger partial charge in [-0.1, -0.05) is 0 Å². The van der Waals surface area contributed by atoms with Crippen LogP contribution in [0.1, 0.15) is 0 Å². The summed E-state index contributed by atoms with van der Waals surface area (Å²) in [4.78, 5) is 4.08. The lowest BCUT2D eigenvalue weighted by atomic mass is 10.5. The van der Waals surface area contributed by atoms with Gasteiger partial charge in [0.2, 0.25) is 0 Å². The molecule has 1 heterocycles. The van der Waals surface area contributed by atoms with Gasteiger partial charge in [-0.25, -0.2) is 4.98 Å². The minimum absolute atomic E-state index is 0.912. The average molecular weight is 234 g/mol. The fourth-order valence-electron chi connectivity index (χ4n) is 0.524. The molecule has 2 nitrogen and oxygen atoms in total. The summed E-state index contributed by atoms with van der Waals surface area (Å²) in [6.45, 7) is 0. The van der Waals surface area contributed by atoms with Gasteiger partial charge in [0.05, 0.1) is 0 Å². The Hall–Kier alpha value is -0.320. The molecule has 1 N–H and O–H groups in total. The lowest BCUT2D eigenvalue weighted by molar-refractivity contribution is 1.27. The maximum atomic E-state index is 4.08. The van der Waals surface area contributed by atoms with Gasteiger partial charge in [-0.15, -0.1) is 0 Å². The van der Waals surface area contributed by atoms with Gasteiger partial charge in [-0.05, 0) is 34.7 Å². The van der Waals surface area contributed by atoms with E-state index in [1.165, 1.54) is 0 Å². The van der Waals surface area contributed by atoms with E-state index < -0.39 is 0 Å². The minimum atomic E-state index is 0.912. The van der Waals surface area contributed by atoms with Crippen LogP contribution in [0.15, 0.2) is 18.3 Å². The number of halogens is 1. The Morgan fingerprint density at radius 2 is 2.33 bits per heavy atom. The zero-order valence-electron chi connectivity index (χ0n) is 5.06. The molecule has 3 heteroatoms. The summed E-state index contributed by atoms with van der Waals surface area (Å²) in [6.07, 6.45) is 1.83. The maximum Gasteiger partial charge on any atom is 0.125 e. The fraction of sp³-hybridized carbons (Fsp3) is 0.167. The smallest absolute Gasteiger partial charge is 0.125 e. The lowest BCUT2D eigenvalue weighted by Crippen LogP contribution is -1.90. The summed E-state index contributed by atoms with van der Waals surface area (Å²) in [5, 5.41) is 2.94. The van der Waals surface area contributed by atoms with Gasteiger partial charge in [-0.3, -0.25) is 0 Å². The molecule has 0 aromatic carbocycles. The Kier molecular flexibility index (Phi) is 2.27. The molecule has 0 amide bonds. The van der Waals surface area contributed by atoms with Crippen molar-refractivity contribution in [2.75, 3.05) is 12.4 Å². The van der Waals surface area contributed by atoms with Crippen molar-refractivity contribution in [3.8, 4) is 0 Å². The number of nitrogens with one attached hydrogen (secondary N) is 1. The molecule has 0 aliphatic carbocycles. The Morgan fingerprint density at radius 1 is 1.56 bits per heavy atom. The summed E-state index contributed by atoms with van der Waals surface area (Å²) >= 11 is 2.22. The van der Waals surface area contributed by atoms with Crippen molar-refractivity contribution in [3.63, 3.8) is 0 Å². The molecule has 0 spiro atoms. The molecule has 1 aromatic rings. The largest absolute Gasteiger partial charge is 0.373 e. The van der Waals surface area contributed by atoms with Gasteiger partial charge >= 0.3 is 0 Å². The first kappa shape index (κ1) is 6.80. The van der Waals surface area contributed by atoms with Crippen molar-refractivity contribution in [2.45, 2.75) is 0 Å². The van der Waals surface area contributed by atoms with E-state index in [2.05, 4.69) is 32.9 Å². The lowest BCUT2D eigenvalue weighted by Gasteiger charge is -1.95. The molecule has 0 fully saturated rings. The van der Waals surface area contributed by atoms with Crippen LogP contribution >= 0.6 is 22.6 Å². The summed E-state index contributed by atoms with van der Waals surface area (Å²) in [5.41, 5.74) is 0. The van der Waals surface area contributed by atoms with Crippen LogP contribution in [0.2, 0.25) is 0 Å². The second-order valence-corrected chi connectivity index (χ2v) is 2.86. The van der Waals surface area contributed by atoms with Crippen LogP contribution in [0.3, 0.4) is 0 Å². The summed E-state index contributed by atoms with van der Waals surface area (Å²) in [5.74, 6) is 0.912. The van der Waals surface area contributed by atoms with Crippen LogP contribution in [0.25, 0.3) is 0 Å². The number of rotatable bonds is 1. The molecule has 0 aliphatic rings. The summed E-state index contributed by atoms with van der Waals surface area (Å²) in [7, 11) is 1.86. The van der Waals surface area contributed by atoms with Crippen molar-refractivity contribution in [1.82, 2.24) is 4.98 Å². The zero-order chi connectivity index (χ0) is 6.69. The molecule has 0 saturated carbocycles. The van der Waals surface area contributed by atoms with Crippen molar-refractivity contribution in [2.24, 2.45) is 0 Å². The van der Waals surface area contributed by atoms with Crippen LogP contribution in [-0.4, -0.2) is 12.0 Å². The van der Waals surface area contributed by atoms with E-state index in [1.54, 1.807) is 0 Å². The van der Waals surface area contributed by atoms with E-state index in [4.69, 9.17) is 0 Å². The molecular formula is C6H7IN2. The third-order valence-electron chi connectivity index (χ3n) is 0.984. The number of pyridine rings is 1. The summed E-state index contributed by atoms with van der Waals surface area (Å²) in [6, 6.07) is 3.96. The monoisotopic (exact) mass is 234 g/mol. The minimum Gasteiger partial charge on any atom is -0.373 e. The van der Waals surface area contributed by atoms with Gasteiger partial charge < -0.3 is 5.32 Å². The van der Waals surface area contributed by atoms with Gasteiger partial charge in [0.25, 0.3) is 0 Å². The topological polar surface area (TPSA) is 24.9 Å². The van der Waals surface area contributed by atoms with Crippen molar-refractivity contribution < 1.29 is 0 Å².